The fourth-order valence-corrected chi connectivity index (χ4v) is 2.37. The molecule has 0 spiro atoms. The van der Waals surface area contributed by atoms with Gasteiger partial charge in [-0.2, -0.15) is 0 Å². The number of nitrogens with one attached hydrogen (secondary N) is 1. The lowest BCUT2D eigenvalue weighted by molar-refractivity contribution is -0.116. The Bertz CT molecular complexity index is 588. The molecular weight excluding hydrogens is 278 g/mol. The molecule has 1 aliphatic heterocycles. The number of para-hydroxylation sites is 2. The molecule has 104 valence electrons. The van der Waals surface area contributed by atoms with Gasteiger partial charge in [-0.05, 0) is 18.6 Å². The average molecular weight is 291 g/mol. The molecule has 1 aromatic carbocycles. The van der Waals surface area contributed by atoms with Gasteiger partial charge < -0.3 is 14.8 Å². The Kier molecular flexibility index (Phi) is 3.78. The first-order valence-corrected chi connectivity index (χ1v) is 7.14. The van der Waals surface area contributed by atoms with Crippen molar-refractivity contribution >= 4 is 22.4 Å². The van der Waals surface area contributed by atoms with Crippen molar-refractivity contribution in [3.63, 3.8) is 0 Å². The van der Waals surface area contributed by atoms with Crippen molar-refractivity contribution in [1.29, 1.82) is 0 Å². The van der Waals surface area contributed by atoms with E-state index in [0.717, 1.165) is 11.5 Å². The standard InChI is InChI=1S/C13H13N3O3S/c17-12(15-13-16-14-8-20-13)6-5-9-7-18-10-3-1-2-4-11(10)19-9/h1-4,8-9H,5-7H2,(H,15,16,17)/t9-/m0/s1. The van der Waals surface area contributed by atoms with E-state index in [4.69, 9.17) is 9.47 Å². The van der Waals surface area contributed by atoms with Gasteiger partial charge in [-0.25, -0.2) is 0 Å². The number of rotatable bonds is 4. The van der Waals surface area contributed by atoms with Crippen molar-refractivity contribution in [2.75, 3.05) is 11.9 Å². The molecule has 1 amide bonds. The molecule has 1 aliphatic rings. The molecule has 3 rings (SSSR count). The zero-order valence-electron chi connectivity index (χ0n) is 10.6. The molecule has 0 aliphatic carbocycles. The van der Waals surface area contributed by atoms with Gasteiger partial charge in [0.1, 0.15) is 18.2 Å². The minimum absolute atomic E-state index is 0.0933. The molecule has 1 N–H and O–H groups in total. The van der Waals surface area contributed by atoms with Crippen molar-refractivity contribution < 1.29 is 14.3 Å². The Morgan fingerprint density at radius 1 is 1.40 bits per heavy atom. The number of carbonyl (C=O) groups excluding carboxylic acids is 1. The third-order valence-electron chi connectivity index (χ3n) is 2.87. The Hall–Kier alpha value is -2.15. The van der Waals surface area contributed by atoms with E-state index < -0.39 is 0 Å². The topological polar surface area (TPSA) is 73.3 Å². The second kappa shape index (κ2) is 5.87. The van der Waals surface area contributed by atoms with E-state index in [1.807, 2.05) is 24.3 Å². The molecule has 0 radical (unpaired) electrons. The fourth-order valence-electron chi connectivity index (χ4n) is 1.91. The van der Waals surface area contributed by atoms with Crippen molar-refractivity contribution in [2.24, 2.45) is 0 Å². The first-order valence-electron chi connectivity index (χ1n) is 6.26. The average Bonchev–Trinajstić information content (AvgIpc) is 2.98. The van der Waals surface area contributed by atoms with Crippen LogP contribution in [0.2, 0.25) is 0 Å². The summed E-state index contributed by atoms with van der Waals surface area (Å²) < 4.78 is 11.4. The SMILES string of the molecule is O=C(CC[C@H]1COc2ccccc2O1)Nc1nncs1. The van der Waals surface area contributed by atoms with Crippen LogP contribution < -0.4 is 14.8 Å². The van der Waals surface area contributed by atoms with Gasteiger partial charge in [-0.15, -0.1) is 10.2 Å². The minimum Gasteiger partial charge on any atom is -0.486 e. The highest BCUT2D eigenvalue weighted by Gasteiger charge is 2.21. The molecule has 0 saturated carbocycles. The molecule has 0 unspecified atom stereocenters. The number of nitrogens with zero attached hydrogens (tertiary/aromatic N) is 2. The number of hydrogen-bond donors (Lipinski definition) is 1. The normalized spacial score (nSPS) is 16.7. The van der Waals surface area contributed by atoms with Gasteiger partial charge in [0, 0.05) is 6.42 Å². The number of amides is 1. The van der Waals surface area contributed by atoms with Crippen molar-refractivity contribution in [1.82, 2.24) is 10.2 Å². The molecule has 1 atom stereocenters. The van der Waals surface area contributed by atoms with Crippen LogP contribution in [0.3, 0.4) is 0 Å². The molecule has 2 aromatic rings. The summed E-state index contributed by atoms with van der Waals surface area (Å²) in [6.07, 6.45) is 0.847. The van der Waals surface area contributed by atoms with Crippen LogP contribution in [0.1, 0.15) is 12.8 Å². The summed E-state index contributed by atoms with van der Waals surface area (Å²) in [6, 6.07) is 7.53. The number of benzene rings is 1. The lowest BCUT2D eigenvalue weighted by Gasteiger charge is -2.26. The van der Waals surface area contributed by atoms with Crippen molar-refractivity contribution in [3.05, 3.63) is 29.8 Å². The van der Waals surface area contributed by atoms with Crippen LogP contribution in [0.25, 0.3) is 0 Å². The summed E-state index contributed by atoms with van der Waals surface area (Å²) in [5, 5.41) is 10.6. The largest absolute Gasteiger partial charge is 0.486 e. The summed E-state index contributed by atoms with van der Waals surface area (Å²) in [5.74, 6) is 1.39. The molecule has 1 aromatic heterocycles. The number of anilines is 1. The van der Waals surface area contributed by atoms with Gasteiger partial charge in [0.15, 0.2) is 11.5 Å². The first-order chi connectivity index (χ1) is 9.81. The smallest absolute Gasteiger partial charge is 0.226 e. The highest BCUT2D eigenvalue weighted by molar-refractivity contribution is 7.13. The molecule has 2 heterocycles. The van der Waals surface area contributed by atoms with E-state index in [9.17, 15) is 4.79 Å². The summed E-state index contributed by atoms with van der Waals surface area (Å²) in [4.78, 5) is 11.7. The molecule has 0 bridgehead atoms. The summed E-state index contributed by atoms with van der Waals surface area (Å²) >= 11 is 1.29. The van der Waals surface area contributed by atoms with Crippen LogP contribution in [0, 0.1) is 0 Å². The van der Waals surface area contributed by atoms with Gasteiger partial charge >= 0.3 is 0 Å². The maximum atomic E-state index is 11.7. The third-order valence-corrected chi connectivity index (χ3v) is 3.47. The lowest BCUT2D eigenvalue weighted by atomic mass is 10.1. The fraction of sp³-hybridized carbons (Fsp3) is 0.308. The van der Waals surface area contributed by atoms with Crippen LogP contribution >= 0.6 is 11.3 Å². The minimum atomic E-state index is -0.106. The number of carbonyl (C=O) groups is 1. The van der Waals surface area contributed by atoms with E-state index in [0.29, 0.717) is 24.6 Å². The van der Waals surface area contributed by atoms with Gasteiger partial charge in [0.05, 0.1) is 0 Å². The van der Waals surface area contributed by atoms with E-state index in [-0.39, 0.29) is 12.0 Å². The summed E-state index contributed by atoms with van der Waals surface area (Å²) in [7, 11) is 0. The Morgan fingerprint density at radius 2 is 2.25 bits per heavy atom. The zero-order chi connectivity index (χ0) is 13.8. The molecular formula is C13H13N3O3S. The van der Waals surface area contributed by atoms with Gasteiger partial charge in [-0.1, -0.05) is 23.5 Å². The van der Waals surface area contributed by atoms with E-state index in [1.54, 1.807) is 5.51 Å². The Morgan fingerprint density at radius 3 is 3.05 bits per heavy atom. The Labute approximate surface area is 119 Å². The molecule has 0 fully saturated rings. The number of ether oxygens (including phenoxy) is 2. The lowest BCUT2D eigenvalue weighted by Crippen LogP contribution is -2.30. The number of hydrogen-bond acceptors (Lipinski definition) is 6. The van der Waals surface area contributed by atoms with Crippen molar-refractivity contribution in [2.45, 2.75) is 18.9 Å². The molecule has 0 saturated heterocycles. The van der Waals surface area contributed by atoms with E-state index in [2.05, 4.69) is 15.5 Å². The third kappa shape index (κ3) is 3.05. The van der Waals surface area contributed by atoms with Gasteiger partial charge in [0.25, 0.3) is 0 Å². The first kappa shape index (κ1) is 12.9. The van der Waals surface area contributed by atoms with Crippen LogP contribution in [0.4, 0.5) is 5.13 Å². The predicted octanol–water partition coefficient (Wildman–Crippen LogP) is 2.10. The monoisotopic (exact) mass is 291 g/mol. The molecule has 20 heavy (non-hydrogen) atoms. The highest BCUT2D eigenvalue weighted by Crippen LogP contribution is 2.31. The molecule has 7 heteroatoms. The molecule has 6 nitrogen and oxygen atoms in total. The number of aromatic nitrogens is 2. The number of fused-ring (bicyclic) bond motifs is 1. The predicted molar refractivity (Wildman–Crippen MR) is 74.1 cm³/mol. The Balaban J connectivity index is 1.49. The van der Waals surface area contributed by atoms with E-state index >= 15 is 0 Å². The maximum absolute atomic E-state index is 11.7. The van der Waals surface area contributed by atoms with Crippen LogP contribution in [-0.2, 0) is 4.79 Å². The second-order valence-corrected chi connectivity index (χ2v) is 5.16. The highest BCUT2D eigenvalue weighted by atomic mass is 32.1. The van der Waals surface area contributed by atoms with Crippen LogP contribution in [0.15, 0.2) is 29.8 Å². The zero-order valence-corrected chi connectivity index (χ0v) is 11.4. The summed E-state index contributed by atoms with van der Waals surface area (Å²) in [6.45, 7) is 0.461. The quantitative estimate of drug-likeness (QED) is 0.933. The van der Waals surface area contributed by atoms with Crippen LogP contribution in [-0.4, -0.2) is 28.8 Å². The summed E-state index contributed by atoms with van der Waals surface area (Å²) in [5.41, 5.74) is 1.57. The van der Waals surface area contributed by atoms with Gasteiger partial charge in [-0.3, -0.25) is 4.79 Å². The van der Waals surface area contributed by atoms with Crippen LogP contribution in [0.5, 0.6) is 11.5 Å². The maximum Gasteiger partial charge on any atom is 0.226 e. The van der Waals surface area contributed by atoms with Crippen molar-refractivity contribution in [3.8, 4) is 11.5 Å². The van der Waals surface area contributed by atoms with E-state index in [1.165, 1.54) is 11.3 Å². The second-order valence-electron chi connectivity index (χ2n) is 4.33. The van der Waals surface area contributed by atoms with Gasteiger partial charge in [0.2, 0.25) is 11.0 Å².